The number of hydrogen-bond acceptors (Lipinski definition) is 9. The summed E-state index contributed by atoms with van der Waals surface area (Å²) in [6, 6.07) is 13.1. The van der Waals surface area contributed by atoms with Crippen LogP contribution in [0.25, 0.3) is 10.8 Å². The molecular weight excluding hydrogens is 479 g/mol. The predicted molar refractivity (Wildman–Crippen MR) is 107 cm³/mol. The third kappa shape index (κ3) is 7.16. The largest absolute Gasteiger partial charge is 1.00 e. The first-order valence-corrected chi connectivity index (χ1v) is 11.8. The number of benzene rings is 2. The van der Waals surface area contributed by atoms with Gasteiger partial charge < -0.3 is 14.2 Å². The van der Waals surface area contributed by atoms with Crippen molar-refractivity contribution in [1.82, 2.24) is 0 Å². The van der Waals surface area contributed by atoms with Crippen molar-refractivity contribution in [2.45, 2.75) is 44.2 Å². The van der Waals surface area contributed by atoms with Crippen LogP contribution in [0.1, 0.15) is 12.5 Å². The Kier molecular flexibility index (Phi) is 9.62. The molecule has 3 rings (SSSR count). The molecule has 1 fully saturated rings. The Morgan fingerprint density at radius 2 is 1.50 bits per heavy atom. The van der Waals surface area contributed by atoms with Crippen LogP contribution >= 0.6 is 0 Å². The molecule has 2 aromatic rings. The van der Waals surface area contributed by atoms with Gasteiger partial charge in [0.15, 0.2) is 12.4 Å². The van der Waals surface area contributed by atoms with Gasteiger partial charge in [0.1, 0.15) is 12.2 Å². The first-order valence-electron chi connectivity index (χ1n) is 9.06. The summed E-state index contributed by atoms with van der Waals surface area (Å²) in [5.74, 6) is 0. The number of fused-ring (bicyclic) bond motifs is 1. The Labute approximate surface area is 208 Å². The summed E-state index contributed by atoms with van der Waals surface area (Å²) in [4.78, 5) is 0. The van der Waals surface area contributed by atoms with Crippen molar-refractivity contribution in [3.63, 3.8) is 0 Å². The number of hydrogen-bond donors (Lipinski definition) is 2. The molecule has 0 unspecified atom stereocenters. The average Bonchev–Trinajstić information content (AvgIpc) is 2.67. The normalized spacial score (nSPS) is 26.6. The van der Waals surface area contributed by atoms with Gasteiger partial charge in [0.25, 0.3) is 0 Å². The minimum absolute atomic E-state index is 0. The maximum absolute atomic E-state index is 11.4. The molecular formula is C18H22NaO11S2+. The molecule has 0 radical (unpaired) electrons. The molecule has 14 heteroatoms. The Hall–Kier alpha value is -0.680. The summed E-state index contributed by atoms with van der Waals surface area (Å²) in [6.45, 7) is 1.49. The summed E-state index contributed by atoms with van der Waals surface area (Å²) < 4.78 is 89.4. The topological polar surface area (TPSA) is 155 Å². The van der Waals surface area contributed by atoms with E-state index < -0.39 is 51.5 Å². The van der Waals surface area contributed by atoms with Crippen molar-refractivity contribution in [3.05, 3.63) is 48.0 Å². The molecule has 0 aliphatic carbocycles. The van der Waals surface area contributed by atoms with Crippen LogP contribution in [0.4, 0.5) is 0 Å². The third-order valence-electron chi connectivity index (χ3n) is 4.74. The fourth-order valence-electron chi connectivity index (χ4n) is 3.49. The van der Waals surface area contributed by atoms with Crippen LogP contribution in [0, 0.1) is 0 Å². The van der Waals surface area contributed by atoms with Gasteiger partial charge in [0.05, 0.1) is 12.7 Å². The van der Waals surface area contributed by atoms with Crippen molar-refractivity contribution in [2.75, 3.05) is 7.11 Å². The minimum Gasteiger partial charge on any atom is -0.368 e. The zero-order chi connectivity index (χ0) is 22.8. The maximum atomic E-state index is 11.4. The van der Waals surface area contributed by atoms with E-state index in [-0.39, 0.29) is 36.2 Å². The Morgan fingerprint density at radius 1 is 0.906 bits per heavy atom. The second-order valence-electron chi connectivity index (χ2n) is 6.84. The van der Waals surface area contributed by atoms with E-state index in [9.17, 15) is 21.4 Å². The smallest absolute Gasteiger partial charge is 0.368 e. The summed E-state index contributed by atoms with van der Waals surface area (Å²) in [5, 5.41) is 1.84. The number of methoxy groups -OCH3 is 1. The molecule has 0 amide bonds. The van der Waals surface area contributed by atoms with Crippen LogP contribution < -0.4 is 29.6 Å². The quantitative estimate of drug-likeness (QED) is 0.321. The first kappa shape index (κ1) is 27.6. The molecule has 2 aromatic carbocycles. The zero-order valence-electron chi connectivity index (χ0n) is 17.5. The summed E-state index contributed by atoms with van der Waals surface area (Å²) in [6.07, 6.45) is -7.05. The molecule has 0 aromatic heterocycles. The van der Waals surface area contributed by atoms with E-state index in [2.05, 4.69) is 8.37 Å². The summed E-state index contributed by atoms with van der Waals surface area (Å²) in [5.41, 5.74) is 0.761. The Morgan fingerprint density at radius 3 is 2.12 bits per heavy atom. The molecule has 1 aliphatic rings. The van der Waals surface area contributed by atoms with E-state index in [1.807, 2.05) is 36.4 Å². The average molecular weight is 501 g/mol. The second kappa shape index (κ2) is 11.2. The van der Waals surface area contributed by atoms with Gasteiger partial charge in [0, 0.05) is 7.11 Å². The summed E-state index contributed by atoms with van der Waals surface area (Å²) in [7, 11) is -8.98. The van der Waals surface area contributed by atoms with Crippen LogP contribution in [0.3, 0.4) is 0 Å². The Bertz CT molecular complexity index is 1120. The number of ether oxygens (including phenoxy) is 3. The van der Waals surface area contributed by atoms with Crippen molar-refractivity contribution in [2.24, 2.45) is 0 Å². The molecule has 2 N–H and O–H groups in total. The van der Waals surface area contributed by atoms with E-state index in [4.69, 9.17) is 18.8 Å². The molecule has 0 spiro atoms. The zero-order valence-corrected chi connectivity index (χ0v) is 21.2. The van der Waals surface area contributed by atoms with Crippen molar-refractivity contribution in [1.29, 1.82) is 0 Å². The second-order valence-corrected chi connectivity index (χ2v) is 8.93. The monoisotopic (exact) mass is 501 g/mol. The van der Waals surface area contributed by atoms with Gasteiger partial charge >= 0.3 is 50.4 Å². The van der Waals surface area contributed by atoms with Crippen molar-refractivity contribution < 1.29 is 78.1 Å². The van der Waals surface area contributed by atoms with Gasteiger partial charge in [-0.2, -0.15) is 16.8 Å². The molecule has 1 aliphatic heterocycles. The van der Waals surface area contributed by atoms with Crippen LogP contribution in [0.5, 0.6) is 0 Å². The van der Waals surface area contributed by atoms with Gasteiger partial charge in [-0.05, 0) is 23.3 Å². The molecule has 1 saturated heterocycles. The molecule has 172 valence electrons. The SMILES string of the molecule is CO[C@@H]1O[C@@H](C)[C@H](OCc2cccc3ccccc23)[C@@H](OS(=O)(=O)O)[C@H]1OS(=O)(=O)O.[Na+]. The fraction of sp³-hybridized carbons (Fsp3) is 0.444. The molecule has 11 nitrogen and oxygen atoms in total. The van der Waals surface area contributed by atoms with E-state index in [0.717, 1.165) is 23.4 Å². The van der Waals surface area contributed by atoms with Gasteiger partial charge in [-0.1, -0.05) is 42.5 Å². The van der Waals surface area contributed by atoms with Gasteiger partial charge in [0.2, 0.25) is 0 Å². The van der Waals surface area contributed by atoms with Gasteiger partial charge in [-0.3, -0.25) is 9.11 Å². The van der Waals surface area contributed by atoms with Crippen molar-refractivity contribution in [3.8, 4) is 0 Å². The maximum Gasteiger partial charge on any atom is 1.00 e. The van der Waals surface area contributed by atoms with Gasteiger partial charge in [-0.25, -0.2) is 8.37 Å². The fourth-order valence-corrected chi connectivity index (χ4v) is 4.47. The van der Waals surface area contributed by atoms with Gasteiger partial charge in [-0.15, -0.1) is 0 Å². The summed E-state index contributed by atoms with van der Waals surface area (Å²) >= 11 is 0. The third-order valence-corrected chi connectivity index (χ3v) is 5.67. The van der Waals surface area contributed by atoms with E-state index >= 15 is 0 Å². The van der Waals surface area contributed by atoms with E-state index in [1.165, 1.54) is 6.92 Å². The number of rotatable bonds is 8. The first-order chi connectivity index (χ1) is 14.5. The molecule has 0 bridgehead atoms. The molecule has 5 atom stereocenters. The van der Waals surface area contributed by atoms with E-state index in [0.29, 0.717) is 0 Å². The molecule has 32 heavy (non-hydrogen) atoms. The van der Waals surface area contributed by atoms with Crippen LogP contribution in [0.15, 0.2) is 42.5 Å². The minimum atomic E-state index is -5.07. The van der Waals surface area contributed by atoms with Crippen LogP contribution in [0.2, 0.25) is 0 Å². The van der Waals surface area contributed by atoms with E-state index in [1.54, 1.807) is 6.07 Å². The Balaban J connectivity index is 0.00000363. The molecule has 1 heterocycles. The predicted octanol–water partition coefficient (Wildman–Crippen LogP) is -1.50. The molecule has 0 saturated carbocycles. The van der Waals surface area contributed by atoms with Crippen molar-refractivity contribution >= 4 is 31.6 Å². The van der Waals surface area contributed by atoms with Crippen LogP contribution in [-0.4, -0.2) is 63.8 Å². The standard InChI is InChI=1S/C18H22O11S2.Na/c1-11-15(26-10-13-8-5-7-12-6-3-4-9-14(12)13)16(28-30(19,20)21)17(18(25-2)27-11)29-31(22,23)24;/h3-9,11,15-18H,10H2,1-2H3,(H,19,20,21)(H,22,23,24);/q;+1/t11-,15-,16+,17+,18+;/m0./s1. The van der Waals surface area contributed by atoms with Crippen LogP contribution in [-0.2, 0) is 50.0 Å².